The number of benzene rings is 2. The fourth-order valence-electron chi connectivity index (χ4n) is 5.72. The topological polar surface area (TPSA) is 99.3 Å². The Bertz CT molecular complexity index is 1360. The van der Waals surface area contributed by atoms with Crippen molar-refractivity contribution in [1.29, 1.82) is 0 Å². The van der Waals surface area contributed by atoms with Crippen LogP contribution in [0.4, 0.5) is 10.5 Å². The van der Waals surface area contributed by atoms with Crippen molar-refractivity contribution in [1.82, 2.24) is 14.5 Å². The number of nitrogens with one attached hydrogen (secondary N) is 1. The van der Waals surface area contributed by atoms with Crippen molar-refractivity contribution >= 4 is 38.5 Å². The molecule has 41 heavy (non-hydrogen) atoms. The standard InChI is InChI=1S/C31H46N4O5S/c1-21(2)20-26(32-30(37)40-31(3,4)5)29(36)34-18-16-23(17-19-34)35(22-14-15-22)41(38,39)28-13-9-10-24-25(28)11-8-12-27(24)33(6)7/h8-13,21-23,26H,14-20H2,1-7H3,(H,32,37)/t26-/m1/s1. The lowest BCUT2D eigenvalue weighted by molar-refractivity contribution is -0.135. The molecule has 226 valence electrons. The van der Waals surface area contributed by atoms with E-state index < -0.39 is 27.8 Å². The molecular formula is C31H46N4O5S. The first kappa shape index (κ1) is 31.1. The highest BCUT2D eigenvalue weighted by Gasteiger charge is 2.44. The highest BCUT2D eigenvalue weighted by atomic mass is 32.2. The van der Waals surface area contributed by atoms with Gasteiger partial charge in [0.05, 0.1) is 4.90 Å². The molecule has 9 nitrogen and oxygen atoms in total. The third kappa shape index (κ3) is 7.33. The lowest BCUT2D eigenvalue weighted by atomic mass is 10.00. The first-order chi connectivity index (χ1) is 19.2. The summed E-state index contributed by atoms with van der Waals surface area (Å²) in [5, 5.41) is 4.41. The van der Waals surface area contributed by atoms with Gasteiger partial charge in [0, 0.05) is 55.7 Å². The summed E-state index contributed by atoms with van der Waals surface area (Å²) in [6.45, 7) is 10.3. The second-order valence-corrected chi connectivity index (χ2v) is 14.8. The van der Waals surface area contributed by atoms with E-state index in [1.54, 1.807) is 36.0 Å². The minimum Gasteiger partial charge on any atom is -0.444 e. The maximum absolute atomic E-state index is 14.3. The number of amides is 2. The van der Waals surface area contributed by atoms with Crippen LogP contribution in [0.3, 0.4) is 0 Å². The molecule has 1 atom stereocenters. The monoisotopic (exact) mass is 586 g/mol. The third-order valence-electron chi connectivity index (χ3n) is 7.64. The predicted octanol–water partition coefficient (Wildman–Crippen LogP) is 4.99. The molecule has 0 bridgehead atoms. The van der Waals surface area contributed by atoms with Crippen molar-refractivity contribution in [3.05, 3.63) is 36.4 Å². The molecule has 0 spiro atoms. The summed E-state index contributed by atoms with van der Waals surface area (Å²) in [4.78, 5) is 30.1. The minimum atomic E-state index is -3.77. The van der Waals surface area contributed by atoms with Gasteiger partial charge in [-0.2, -0.15) is 4.31 Å². The Kier molecular flexibility index (Phi) is 9.23. The summed E-state index contributed by atoms with van der Waals surface area (Å²) >= 11 is 0. The van der Waals surface area contributed by atoms with E-state index in [1.165, 1.54) is 0 Å². The number of sulfonamides is 1. The first-order valence-electron chi connectivity index (χ1n) is 14.7. The minimum absolute atomic E-state index is 0.0120. The fraction of sp³-hybridized carbons (Fsp3) is 0.613. The fourth-order valence-corrected chi connectivity index (χ4v) is 7.86. The number of fused-ring (bicyclic) bond motifs is 1. The average molecular weight is 587 g/mol. The molecular weight excluding hydrogens is 540 g/mol. The van der Waals surface area contributed by atoms with Crippen LogP contribution in [0.5, 0.6) is 0 Å². The van der Waals surface area contributed by atoms with Crippen LogP contribution in [0.2, 0.25) is 0 Å². The van der Waals surface area contributed by atoms with Gasteiger partial charge in [-0.25, -0.2) is 13.2 Å². The van der Waals surface area contributed by atoms with Gasteiger partial charge in [-0.1, -0.05) is 38.1 Å². The van der Waals surface area contributed by atoms with Crippen molar-refractivity contribution in [2.24, 2.45) is 5.92 Å². The number of hydrogen-bond donors (Lipinski definition) is 1. The Labute approximate surface area is 245 Å². The second-order valence-electron chi connectivity index (χ2n) is 13.0. The highest BCUT2D eigenvalue weighted by molar-refractivity contribution is 7.89. The number of anilines is 1. The summed E-state index contributed by atoms with van der Waals surface area (Å²) in [6.07, 6.45) is 2.69. The van der Waals surface area contributed by atoms with Crippen LogP contribution in [0.25, 0.3) is 10.8 Å². The van der Waals surface area contributed by atoms with E-state index >= 15 is 0 Å². The Morgan fingerprint density at radius 3 is 2.12 bits per heavy atom. The van der Waals surface area contributed by atoms with Gasteiger partial charge in [-0.05, 0) is 70.9 Å². The van der Waals surface area contributed by atoms with Gasteiger partial charge in [0.25, 0.3) is 0 Å². The van der Waals surface area contributed by atoms with Crippen LogP contribution < -0.4 is 10.2 Å². The Hall–Kier alpha value is -2.85. The van der Waals surface area contributed by atoms with Crippen molar-refractivity contribution in [3.8, 4) is 0 Å². The maximum atomic E-state index is 14.3. The number of hydrogen-bond acceptors (Lipinski definition) is 6. The lowest BCUT2D eigenvalue weighted by Crippen LogP contribution is -2.54. The zero-order valence-electron chi connectivity index (χ0n) is 25.5. The van der Waals surface area contributed by atoms with Crippen molar-refractivity contribution in [3.63, 3.8) is 0 Å². The molecule has 1 saturated heterocycles. The molecule has 4 rings (SSSR count). The lowest BCUT2D eigenvalue weighted by Gasteiger charge is -2.39. The van der Waals surface area contributed by atoms with Gasteiger partial charge >= 0.3 is 6.09 Å². The number of likely N-dealkylation sites (tertiary alicyclic amines) is 1. The van der Waals surface area contributed by atoms with E-state index in [-0.39, 0.29) is 23.9 Å². The number of piperidine rings is 1. The molecule has 2 fully saturated rings. The number of ether oxygens (including phenoxy) is 1. The quantitative estimate of drug-likeness (QED) is 0.445. The SMILES string of the molecule is CC(C)C[C@@H](NC(=O)OC(C)(C)C)C(=O)N1CCC(N(C2CC2)S(=O)(=O)c2cccc3c(N(C)C)cccc23)CC1. The maximum Gasteiger partial charge on any atom is 0.408 e. The summed E-state index contributed by atoms with van der Waals surface area (Å²) in [5.74, 6) is 0.0507. The summed E-state index contributed by atoms with van der Waals surface area (Å²) < 4.78 is 35.7. The molecule has 0 unspecified atom stereocenters. The molecule has 1 heterocycles. The summed E-state index contributed by atoms with van der Waals surface area (Å²) in [5.41, 5.74) is 0.310. The van der Waals surface area contributed by atoms with Gasteiger partial charge in [0.1, 0.15) is 11.6 Å². The molecule has 2 aromatic carbocycles. The highest BCUT2D eigenvalue weighted by Crippen LogP contribution is 2.39. The molecule has 2 aliphatic rings. The van der Waals surface area contributed by atoms with E-state index in [0.29, 0.717) is 37.2 Å². The number of carbonyl (C=O) groups excluding carboxylic acids is 2. The predicted molar refractivity (Wildman–Crippen MR) is 163 cm³/mol. The molecule has 1 N–H and O–H groups in total. The van der Waals surface area contributed by atoms with E-state index in [0.717, 1.165) is 29.3 Å². The van der Waals surface area contributed by atoms with Gasteiger partial charge in [-0.3, -0.25) is 4.79 Å². The zero-order valence-corrected chi connectivity index (χ0v) is 26.3. The number of carbonyl (C=O) groups is 2. The van der Waals surface area contributed by atoms with Crippen LogP contribution in [0.15, 0.2) is 41.3 Å². The van der Waals surface area contributed by atoms with Crippen LogP contribution in [0.1, 0.15) is 66.7 Å². The number of nitrogens with zero attached hydrogens (tertiary/aromatic N) is 3. The van der Waals surface area contributed by atoms with Gasteiger partial charge < -0.3 is 19.9 Å². The number of rotatable bonds is 9. The summed E-state index contributed by atoms with van der Waals surface area (Å²) in [6, 6.07) is 10.4. The van der Waals surface area contributed by atoms with Crippen LogP contribution >= 0.6 is 0 Å². The van der Waals surface area contributed by atoms with Crippen molar-refractivity contribution < 1.29 is 22.7 Å². The Morgan fingerprint density at radius 2 is 1.56 bits per heavy atom. The first-order valence-corrected chi connectivity index (χ1v) is 16.1. The van der Waals surface area contributed by atoms with Gasteiger partial charge in [0.2, 0.25) is 15.9 Å². The Balaban J connectivity index is 1.52. The molecule has 10 heteroatoms. The molecule has 1 aliphatic heterocycles. The largest absolute Gasteiger partial charge is 0.444 e. The smallest absolute Gasteiger partial charge is 0.408 e. The third-order valence-corrected chi connectivity index (χ3v) is 9.70. The van der Waals surface area contributed by atoms with Crippen molar-refractivity contribution in [2.45, 2.75) is 95.3 Å². The molecule has 0 aromatic heterocycles. The van der Waals surface area contributed by atoms with E-state index in [4.69, 9.17) is 4.74 Å². The normalized spacial score (nSPS) is 17.6. The van der Waals surface area contributed by atoms with Crippen LogP contribution in [-0.4, -0.2) is 80.5 Å². The Morgan fingerprint density at radius 1 is 0.976 bits per heavy atom. The number of alkyl carbamates (subject to hydrolysis) is 1. The summed E-state index contributed by atoms with van der Waals surface area (Å²) in [7, 11) is 0.137. The van der Waals surface area contributed by atoms with E-state index in [1.807, 2.05) is 63.2 Å². The van der Waals surface area contributed by atoms with Crippen LogP contribution in [-0.2, 0) is 19.6 Å². The molecule has 1 saturated carbocycles. The van der Waals surface area contributed by atoms with E-state index in [9.17, 15) is 18.0 Å². The zero-order chi connectivity index (χ0) is 30.1. The van der Waals surface area contributed by atoms with Crippen LogP contribution in [0, 0.1) is 5.92 Å². The second kappa shape index (κ2) is 12.2. The van der Waals surface area contributed by atoms with Gasteiger partial charge in [0.15, 0.2) is 0 Å². The average Bonchev–Trinajstić information content (AvgIpc) is 3.71. The van der Waals surface area contributed by atoms with Crippen molar-refractivity contribution in [2.75, 3.05) is 32.1 Å². The molecule has 2 aromatic rings. The molecule has 0 radical (unpaired) electrons. The van der Waals surface area contributed by atoms with Gasteiger partial charge in [-0.15, -0.1) is 0 Å². The van der Waals surface area contributed by atoms with E-state index in [2.05, 4.69) is 5.32 Å². The molecule has 2 amide bonds. The molecule has 1 aliphatic carbocycles.